The lowest BCUT2D eigenvalue weighted by molar-refractivity contribution is -0.115. The van der Waals surface area contributed by atoms with E-state index in [9.17, 15) is 4.79 Å². The van der Waals surface area contributed by atoms with Crippen LogP contribution >= 0.6 is 11.3 Å². The van der Waals surface area contributed by atoms with Gasteiger partial charge in [-0.05, 0) is 13.5 Å². The number of rotatable bonds is 5. The first-order valence-electron chi connectivity index (χ1n) is 4.53. The Morgan fingerprint density at radius 2 is 2.29 bits per heavy atom. The highest BCUT2D eigenvalue weighted by molar-refractivity contribution is 7.15. The molecule has 1 heterocycles. The highest BCUT2D eigenvalue weighted by atomic mass is 32.1. The van der Waals surface area contributed by atoms with Gasteiger partial charge in [0.05, 0.1) is 6.54 Å². The van der Waals surface area contributed by atoms with E-state index in [1.807, 2.05) is 0 Å². The van der Waals surface area contributed by atoms with Crippen molar-refractivity contribution in [3.05, 3.63) is 5.01 Å². The molecule has 0 saturated heterocycles. The minimum atomic E-state index is -0.0910. The monoisotopic (exact) mass is 214 g/mol. The van der Waals surface area contributed by atoms with Crippen LogP contribution in [0.4, 0.5) is 5.13 Å². The lowest BCUT2D eigenvalue weighted by atomic mass is 10.4. The molecule has 14 heavy (non-hydrogen) atoms. The van der Waals surface area contributed by atoms with E-state index < -0.39 is 0 Å². The highest BCUT2D eigenvalue weighted by Gasteiger charge is 2.06. The molecular formula is C8H14N4OS. The molecule has 0 saturated carbocycles. The van der Waals surface area contributed by atoms with Crippen LogP contribution in [0.25, 0.3) is 0 Å². The van der Waals surface area contributed by atoms with Crippen molar-refractivity contribution < 1.29 is 4.79 Å². The number of nitrogens with zero attached hydrogens (tertiary/aromatic N) is 2. The summed E-state index contributed by atoms with van der Waals surface area (Å²) in [7, 11) is 1.72. The Labute approximate surface area is 86.9 Å². The molecule has 1 rings (SSSR count). The average molecular weight is 214 g/mol. The van der Waals surface area contributed by atoms with Gasteiger partial charge in [0.1, 0.15) is 5.01 Å². The second-order valence-electron chi connectivity index (χ2n) is 2.83. The van der Waals surface area contributed by atoms with Gasteiger partial charge in [-0.15, -0.1) is 10.2 Å². The van der Waals surface area contributed by atoms with Gasteiger partial charge in [-0.25, -0.2) is 0 Å². The van der Waals surface area contributed by atoms with Crippen LogP contribution in [0.1, 0.15) is 18.4 Å². The predicted molar refractivity (Wildman–Crippen MR) is 56.5 cm³/mol. The molecule has 0 fully saturated rings. The molecule has 0 bridgehead atoms. The van der Waals surface area contributed by atoms with Gasteiger partial charge in [-0.1, -0.05) is 18.3 Å². The first-order chi connectivity index (χ1) is 6.76. The van der Waals surface area contributed by atoms with E-state index >= 15 is 0 Å². The Morgan fingerprint density at radius 3 is 2.93 bits per heavy atom. The van der Waals surface area contributed by atoms with Gasteiger partial charge in [-0.3, -0.25) is 10.1 Å². The third-order valence-corrected chi connectivity index (χ3v) is 2.41. The van der Waals surface area contributed by atoms with Crippen LogP contribution < -0.4 is 10.6 Å². The zero-order chi connectivity index (χ0) is 10.4. The third-order valence-electron chi connectivity index (χ3n) is 1.51. The molecule has 0 aliphatic carbocycles. The number of amides is 1. The topological polar surface area (TPSA) is 66.9 Å². The Kier molecular flexibility index (Phi) is 4.48. The maximum Gasteiger partial charge on any atom is 0.240 e. The van der Waals surface area contributed by atoms with Crippen LogP contribution in [-0.4, -0.2) is 29.7 Å². The van der Waals surface area contributed by atoms with Crippen LogP contribution in [0, 0.1) is 0 Å². The van der Waals surface area contributed by atoms with Crippen LogP contribution in [-0.2, 0) is 11.2 Å². The molecule has 0 unspecified atom stereocenters. The second-order valence-corrected chi connectivity index (χ2v) is 3.89. The Balaban J connectivity index is 2.46. The summed E-state index contributed by atoms with van der Waals surface area (Å²) in [6.07, 6.45) is 1.96. The molecule has 0 aliphatic heterocycles. The van der Waals surface area contributed by atoms with Crippen molar-refractivity contribution >= 4 is 22.4 Å². The minimum absolute atomic E-state index is 0.0910. The Bertz CT molecular complexity index is 299. The molecular weight excluding hydrogens is 200 g/mol. The number of hydrogen-bond donors (Lipinski definition) is 2. The highest BCUT2D eigenvalue weighted by Crippen LogP contribution is 2.15. The van der Waals surface area contributed by atoms with Crippen molar-refractivity contribution in [3.8, 4) is 0 Å². The quantitative estimate of drug-likeness (QED) is 0.755. The van der Waals surface area contributed by atoms with Crippen molar-refractivity contribution in [2.24, 2.45) is 0 Å². The van der Waals surface area contributed by atoms with Crippen molar-refractivity contribution in [1.82, 2.24) is 15.5 Å². The van der Waals surface area contributed by atoms with Gasteiger partial charge >= 0.3 is 0 Å². The lowest BCUT2D eigenvalue weighted by Crippen LogP contribution is -2.24. The van der Waals surface area contributed by atoms with E-state index in [0.29, 0.717) is 11.7 Å². The molecule has 0 aromatic carbocycles. The summed E-state index contributed by atoms with van der Waals surface area (Å²) in [6, 6.07) is 0. The molecule has 0 spiro atoms. The number of anilines is 1. The van der Waals surface area contributed by atoms with E-state index in [2.05, 4.69) is 27.8 Å². The third kappa shape index (κ3) is 3.39. The molecule has 2 N–H and O–H groups in total. The largest absolute Gasteiger partial charge is 0.311 e. The first kappa shape index (κ1) is 11.1. The summed E-state index contributed by atoms with van der Waals surface area (Å²) in [5.74, 6) is -0.0910. The van der Waals surface area contributed by atoms with E-state index in [-0.39, 0.29) is 5.91 Å². The minimum Gasteiger partial charge on any atom is -0.311 e. The van der Waals surface area contributed by atoms with Gasteiger partial charge in [0.25, 0.3) is 0 Å². The van der Waals surface area contributed by atoms with Crippen LogP contribution in [0.15, 0.2) is 0 Å². The average Bonchev–Trinajstić information content (AvgIpc) is 2.53. The van der Waals surface area contributed by atoms with Crippen molar-refractivity contribution in [3.63, 3.8) is 0 Å². The smallest absolute Gasteiger partial charge is 0.240 e. The Morgan fingerprint density at radius 1 is 1.50 bits per heavy atom. The summed E-state index contributed by atoms with van der Waals surface area (Å²) in [5, 5.41) is 14.8. The predicted octanol–water partition coefficient (Wildman–Crippen LogP) is 0.648. The van der Waals surface area contributed by atoms with Crippen LogP contribution in [0.2, 0.25) is 0 Å². The van der Waals surface area contributed by atoms with E-state index in [4.69, 9.17) is 0 Å². The maximum atomic E-state index is 11.1. The maximum absolute atomic E-state index is 11.1. The number of hydrogen-bond acceptors (Lipinski definition) is 5. The van der Waals surface area contributed by atoms with Crippen molar-refractivity contribution in [1.29, 1.82) is 0 Å². The standard InChI is InChI=1S/C8H14N4OS/c1-3-4-7-11-12-8(14-7)10-6(13)5-9-2/h9H,3-5H2,1-2H3,(H,10,12,13). The van der Waals surface area contributed by atoms with E-state index in [1.165, 1.54) is 11.3 Å². The second kappa shape index (κ2) is 5.66. The van der Waals surface area contributed by atoms with E-state index in [0.717, 1.165) is 17.8 Å². The summed E-state index contributed by atoms with van der Waals surface area (Å²) in [4.78, 5) is 11.1. The fourth-order valence-electron chi connectivity index (χ4n) is 0.943. The number of aryl methyl sites for hydroxylation is 1. The van der Waals surface area contributed by atoms with Gasteiger partial charge in [0, 0.05) is 6.42 Å². The molecule has 6 heteroatoms. The van der Waals surface area contributed by atoms with E-state index in [1.54, 1.807) is 7.05 Å². The number of carbonyl (C=O) groups excluding carboxylic acids is 1. The number of nitrogens with one attached hydrogen (secondary N) is 2. The molecule has 78 valence electrons. The normalized spacial score (nSPS) is 10.1. The van der Waals surface area contributed by atoms with Gasteiger partial charge < -0.3 is 5.32 Å². The van der Waals surface area contributed by atoms with Crippen molar-refractivity contribution in [2.75, 3.05) is 18.9 Å². The molecule has 1 aromatic heterocycles. The molecule has 0 radical (unpaired) electrons. The summed E-state index contributed by atoms with van der Waals surface area (Å²) >= 11 is 1.43. The number of carbonyl (C=O) groups is 1. The summed E-state index contributed by atoms with van der Waals surface area (Å²) in [5.41, 5.74) is 0. The van der Waals surface area contributed by atoms with Gasteiger partial charge in [-0.2, -0.15) is 0 Å². The van der Waals surface area contributed by atoms with Gasteiger partial charge in [0.2, 0.25) is 11.0 Å². The fraction of sp³-hybridized carbons (Fsp3) is 0.625. The van der Waals surface area contributed by atoms with Gasteiger partial charge in [0.15, 0.2) is 0 Å². The Hall–Kier alpha value is -1.01. The van der Waals surface area contributed by atoms with Crippen LogP contribution in [0.3, 0.4) is 0 Å². The fourth-order valence-corrected chi connectivity index (χ4v) is 1.80. The number of likely N-dealkylation sites (N-methyl/N-ethyl adjacent to an activating group) is 1. The molecule has 1 amide bonds. The van der Waals surface area contributed by atoms with Crippen molar-refractivity contribution in [2.45, 2.75) is 19.8 Å². The van der Waals surface area contributed by atoms with Crippen LogP contribution in [0.5, 0.6) is 0 Å². The zero-order valence-electron chi connectivity index (χ0n) is 8.33. The lowest BCUT2D eigenvalue weighted by Gasteiger charge is -1.97. The SMILES string of the molecule is CCCc1nnc(NC(=O)CNC)s1. The summed E-state index contributed by atoms with van der Waals surface area (Å²) < 4.78 is 0. The number of aromatic nitrogens is 2. The summed E-state index contributed by atoms with van der Waals surface area (Å²) in [6.45, 7) is 2.38. The molecule has 0 atom stereocenters. The molecule has 5 nitrogen and oxygen atoms in total. The zero-order valence-corrected chi connectivity index (χ0v) is 9.15. The molecule has 0 aliphatic rings. The molecule has 1 aromatic rings. The first-order valence-corrected chi connectivity index (χ1v) is 5.34.